The second-order valence-corrected chi connectivity index (χ2v) is 14.4. The fourth-order valence-corrected chi connectivity index (χ4v) is 4.97. The van der Waals surface area contributed by atoms with Gasteiger partial charge in [0.25, 0.3) is 0 Å². The molecule has 126 valence electrons. The summed E-state index contributed by atoms with van der Waals surface area (Å²) in [5, 5.41) is 29.0. The SMILES string of the molecule is C[As](C)(=O)CC1OC(OCC(O)CS(=O)(=O)O)C(O)C1O. The van der Waals surface area contributed by atoms with Crippen LogP contribution in [0.5, 0.6) is 0 Å². The van der Waals surface area contributed by atoms with Gasteiger partial charge in [-0.2, -0.15) is 0 Å². The Bertz CT molecular complexity index is 487. The molecule has 1 saturated heterocycles. The van der Waals surface area contributed by atoms with E-state index in [-0.39, 0.29) is 5.21 Å². The first-order valence-corrected chi connectivity index (χ1v) is 13.6. The van der Waals surface area contributed by atoms with Crippen LogP contribution in [0.2, 0.25) is 16.6 Å². The number of aliphatic hydroxyl groups excluding tert-OH is 3. The van der Waals surface area contributed by atoms with Crippen molar-refractivity contribution in [3.63, 3.8) is 0 Å². The van der Waals surface area contributed by atoms with E-state index in [1.807, 2.05) is 0 Å². The van der Waals surface area contributed by atoms with Crippen molar-refractivity contribution in [1.29, 1.82) is 0 Å². The monoisotopic (exact) mass is 392 g/mol. The normalized spacial score (nSPS) is 32.3. The van der Waals surface area contributed by atoms with Crippen LogP contribution in [0.4, 0.5) is 0 Å². The van der Waals surface area contributed by atoms with E-state index < -0.39 is 66.7 Å². The van der Waals surface area contributed by atoms with Gasteiger partial charge in [0.15, 0.2) is 0 Å². The Morgan fingerprint density at radius 1 is 1.29 bits per heavy atom. The third kappa shape index (κ3) is 6.79. The van der Waals surface area contributed by atoms with E-state index in [1.165, 1.54) is 0 Å². The molecule has 0 aromatic rings. The van der Waals surface area contributed by atoms with E-state index in [0.29, 0.717) is 0 Å². The first-order chi connectivity index (χ1) is 9.39. The molecular weight excluding hydrogens is 371 g/mol. The molecule has 0 aliphatic carbocycles. The Labute approximate surface area is 125 Å². The van der Waals surface area contributed by atoms with Crippen LogP contribution in [-0.2, 0) is 23.3 Å². The molecular formula is C10H21AsO9S. The maximum absolute atomic E-state index is 11.8. The van der Waals surface area contributed by atoms with Crippen LogP contribution in [0.1, 0.15) is 0 Å². The molecule has 1 aliphatic heterocycles. The average molecular weight is 392 g/mol. The van der Waals surface area contributed by atoms with Gasteiger partial charge in [-0.3, -0.25) is 0 Å². The first kappa shape index (κ1) is 19.1. The second-order valence-electron chi connectivity index (χ2n) is 5.52. The zero-order valence-electron chi connectivity index (χ0n) is 11.7. The Kier molecular flexibility index (Phi) is 6.46. The van der Waals surface area contributed by atoms with E-state index in [4.69, 9.17) is 14.0 Å². The topological polar surface area (TPSA) is 151 Å². The Morgan fingerprint density at radius 2 is 1.86 bits per heavy atom. The molecule has 1 aliphatic rings. The molecule has 1 fully saturated rings. The molecule has 0 aromatic heterocycles. The fourth-order valence-electron chi connectivity index (χ4n) is 1.93. The zero-order chi connectivity index (χ0) is 16.4. The molecule has 0 saturated carbocycles. The summed E-state index contributed by atoms with van der Waals surface area (Å²) < 4.78 is 51.7. The Hall–Kier alpha value is 0.0684. The zero-order valence-corrected chi connectivity index (χ0v) is 14.4. The minimum absolute atomic E-state index is 0.115. The van der Waals surface area contributed by atoms with Crippen molar-refractivity contribution in [3.8, 4) is 0 Å². The van der Waals surface area contributed by atoms with Crippen LogP contribution in [0.3, 0.4) is 0 Å². The molecule has 21 heavy (non-hydrogen) atoms. The van der Waals surface area contributed by atoms with Gasteiger partial charge in [0.05, 0.1) is 0 Å². The Balaban J connectivity index is 2.52. The molecule has 4 N–H and O–H groups in total. The van der Waals surface area contributed by atoms with Crippen LogP contribution in [-0.4, -0.2) is 84.8 Å². The molecule has 11 heteroatoms. The molecule has 0 aromatic carbocycles. The van der Waals surface area contributed by atoms with E-state index >= 15 is 0 Å². The molecule has 0 spiro atoms. The predicted octanol–water partition coefficient (Wildman–Crippen LogP) is -1.67. The molecule has 0 radical (unpaired) electrons. The summed E-state index contributed by atoms with van der Waals surface area (Å²) in [6.45, 7) is -0.512. The van der Waals surface area contributed by atoms with Gasteiger partial charge in [-0.15, -0.1) is 0 Å². The van der Waals surface area contributed by atoms with Crippen LogP contribution in [0.25, 0.3) is 0 Å². The summed E-state index contributed by atoms with van der Waals surface area (Å²) in [7, 11) is -4.35. The molecule has 1 rings (SSSR count). The van der Waals surface area contributed by atoms with Gasteiger partial charge in [0, 0.05) is 0 Å². The third-order valence-corrected chi connectivity index (χ3v) is 6.20. The number of hydrogen-bond acceptors (Lipinski definition) is 8. The Morgan fingerprint density at radius 3 is 2.33 bits per heavy atom. The summed E-state index contributed by atoms with van der Waals surface area (Å²) in [5.74, 6) is -0.913. The van der Waals surface area contributed by atoms with Crippen molar-refractivity contribution in [2.24, 2.45) is 0 Å². The van der Waals surface area contributed by atoms with Crippen molar-refractivity contribution < 1.29 is 41.5 Å². The molecule has 1 heterocycles. The van der Waals surface area contributed by atoms with Crippen molar-refractivity contribution in [1.82, 2.24) is 0 Å². The molecule has 0 bridgehead atoms. The quantitative estimate of drug-likeness (QED) is 0.295. The number of aliphatic hydroxyl groups is 3. The van der Waals surface area contributed by atoms with E-state index in [9.17, 15) is 27.5 Å². The summed E-state index contributed by atoms with van der Waals surface area (Å²) in [6.07, 6.45) is -6.27. The summed E-state index contributed by atoms with van der Waals surface area (Å²) >= 11 is -3.09. The number of ether oxygens (including phenoxy) is 2. The summed E-state index contributed by atoms with van der Waals surface area (Å²) in [5.41, 5.74) is 3.15. The molecule has 5 atom stereocenters. The molecule has 0 amide bonds. The third-order valence-electron chi connectivity index (χ3n) is 2.79. The van der Waals surface area contributed by atoms with Crippen LogP contribution >= 0.6 is 0 Å². The van der Waals surface area contributed by atoms with Gasteiger partial charge in [0.1, 0.15) is 0 Å². The van der Waals surface area contributed by atoms with Crippen molar-refractivity contribution in [2.45, 2.75) is 47.3 Å². The van der Waals surface area contributed by atoms with E-state index in [2.05, 4.69) is 0 Å². The molecule has 9 nitrogen and oxygen atoms in total. The van der Waals surface area contributed by atoms with E-state index in [0.717, 1.165) is 0 Å². The van der Waals surface area contributed by atoms with Gasteiger partial charge >= 0.3 is 125 Å². The van der Waals surface area contributed by atoms with Crippen molar-refractivity contribution in [3.05, 3.63) is 0 Å². The average Bonchev–Trinajstić information content (AvgIpc) is 2.50. The summed E-state index contributed by atoms with van der Waals surface area (Å²) in [4.78, 5) is 0. The van der Waals surface area contributed by atoms with Gasteiger partial charge < -0.3 is 0 Å². The van der Waals surface area contributed by atoms with Gasteiger partial charge in [0.2, 0.25) is 0 Å². The van der Waals surface area contributed by atoms with Gasteiger partial charge in [-0.05, 0) is 0 Å². The number of rotatable bonds is 7. The number of hydrogen-bond donors (Lipinski definition) is 4. The fraction of sp³-hybridized carbons (Fsp3) is 1.00. The van der Waals surface area contributed by atoms with Crippen LogP contribution in [0.15, 0.2) is 0 Å². The van der Waals surface area contributed by atoms with Gasteiger partial charge in [-0.1, -0.05) is 0 Å². The predicted molar refractivity (Wildman–Crippen MR) is 72.0 cm³/mol. The molecule has 5 unspecified atom stereocenters. The second kappa shape index (κ2) is 7.10. The van der Waals surface area contributed by atoms with Crippen LogP contribution in [0, 0.1) is 0 Å². The van der Waals surface area contributed by atoms with E-state index in [1.54, 1.807) is 11.4 Å². The first-order valence-electron chi connectivity index (χ1n) is 6.19. The van der Waals surface area contributed by atoms with Crippen molar-refractivity contribution in [2.75, 3.05) is 12.4 Å². The van der Waals surface area contributed by atoms with Crippen LogP contribution < -0.4 is 0 Å². The minimum atomic E-state index is -4.35. The summed E-state index contributed by atoms with van der Waals surface area (Å²) in [6, 6.07) is 0. The van der Waals surface area contributed by atoms with Gasteiger partial charge in [-0.25, -0.2) is 0 Å². The van der Waals surface area contributed by atoms with Crippen molar-refractivity contribution >= 4 is 23.6 Å². The maximum atomic E-state index is 11.8. The standard InChI is InChI=1S/C10H21AsO9S/c1-11(2,15)3-7-8(13)9(14)10(20-7)19-4-6(12)5-21(16,17)18/h6-10,12-14H,3-5H2,1-2H3,(H,16,17,18).